The number of carbonyl (C=O) groups is 1. The third kappa shape index (κ3) is 8.28. The Morgan fingerprint density at radius 3 is 2.00 bits per heavy atom. The molecule has 0 aromatic rings. The maximum absolute atomic E-state index is 10.3. The first-order valence-electron chi connectivity index (χ1n) is 5.79. The van der Waals surface area contributed by atoms with Gasteiger partial charge in [0, 0.05) is 6.42 Å². The molecule has 0 aliphatic heterocycles. The quantitative estimate of drug-likeness (QED) is 0.588. The Labute approximate surface area is 89.3 Å². The van der Waals surface area contributed by atoms with Crippen LogP contribution in [0, 0.1) is 17.3 Å². The predicted molar refractivity (Wildman–Crippen MR) is 62.3 cm³/mol. The molecule has 0 saturated carbocycles. The summed E-state index contributed by atoms with van der Waals surface area (Å²) in [7, 11) is 0. The van der Waals surface area contributed by atoms with Gasteiger partial charge in [0.1, 0.15) is 6.29 Å². The monoisotopic (exact) mass is 198 g/mol. The van der Waals surface area contributed by atoms with E-state index in [1.807, 2.05) is 0 Å². The highest BCUT2D eigenvalue weighted by Crippen LogP contribution is 2.27. The number of carbonyl (C=O) groups excluding carboxylic acids is 1. The molecule has 0 radical (unpaired) electrons. The van der Waals surface area contributed by atoms with Gasteiger partial charge < -0.3 is 4.79 Å². The molecule has 84 valence electrons. The van der Waals surface area contributed by atoms with Crippen molar-refractivity contribution in [1.29, 1.82) is 0 Å². The third-order valence-electron chi connectivity index (χ3n) is 2.61. The van der Waals surface area contributed by atoms with E-state index in [1.165, 1.54) is 19.3 Å². The van der Waals surface area contributed by atoms with E-state index in [-0.39, 0.29) is 0 Å². The molecular formula is C13H26O. The molecule has 0 aromatic heterocycles. The molecule has 14 heavy (non-hydrogen) atoms. The molecule has 0 amide bonds. The zero-order valence-corrected chi connectivity index (χ0v) is 10.5. The topological polar surface area (TPSA) is 17.1 Å². The van der Waals surface area contributed by atoms with E-state index in [0.717, 1.165) is 18.6 Å². The van der Waals surface area contributed by atoms with Crippen LogP contribution in [0.15, 0.2) is 0 Å². The van der Waals surface area contributed by atoms with Crippen molar-refractivity contribution in [3.8, 4) is 0 Å². The lowest BCUT2D eigenvalue weighted by molar-refractivity contribution is -0.108. The fraction of sp³-hybridized carbons (Fsp3) is 0.923. The van der Waals surface area contributed by atoms with E-state index in [9.17, 15) is 4.79 Å². The smallest absolute Gasteiger partial charge is 0.120 e. The fourth-order valence-corrected chi connectivity index (χ4v) is 2.00. The lowest BCUT2D eigenvalue weighted by Crippen LogP contribution is -2.11. The summed E-state index contributed by atoms with van der Waals surface area (Å²) < 4.78 is 0. The van der Waals surface area contributed by atoms with Crippen molar-refractivity contribution in [3.05, 3.63) is 0 Å². The van der Waals surface area contributed by atoms with Crippen molar-refractivity contribution >= 4 is 6.29 Å². The highest BCUT2D eigenvalue weighted by molar-refractivity contribution is 5.49. The molecule has 2 unspecified atom stereocenters. The van der Waals surface area contributed by atoms with Crippen molar-refractivity contribution < 1.29 is 4.79 Å². The van der Waals surface area contributed by atoms with Gasteiger partial charge in [-0.1, -0.05) is 47.5 Å². The van der Waals surface area contributed by atoms with Gasteiger partial charge in [-0.25, -0.2) is 0 Å². The Kier molecular flexibility index (Phi) is 6.06. The lowest BCUT2D eigenvalue weighted by atomic mass is 9.82. The van der Waals surface area contributed by atoms with Crippen LogP contribution in [0.25, 0.3) is 0 Å². The zero-order valence-electron chi connectivity index (χ0n) is 10.5. The van der Waals surface area contributed by atoms with E-state index in [0.29, 0.717) is 11.3 Å². The molecule has 0 aliphatic carbocycles. The molecule has 0 bridgehead atoms. The molecule has 1 nitrogen and oxygen atoms in total. The van der Waals surface area contributed by atoms with E-state index < -0.39 is 0 Å². The van der Waals surface area contributed by atoms with Crippen LogP contribution in [0.5, 0.6) is 0 Å². The van der Waals surface area contributed by atoms with E-state index in [1.54, 1.807) is 0 Å². The first kappa shape index (κ1) is 13.7. The first-order valence-corrected chi connectivity index (χ1v) is 5.79. The molecular weight excluding hydrogens is 172 g/mol. The Morgan fingerprint density at radius 2 is 1.57 bits per heavy atom. The van der Waals surface area contributed by atoms with Gasteiger partial charge in [0.25, 0.3) is 0 Å². The molecule has 2 atom stereocenters. The number of rotatable bonds is 6. The molecule has 0 aliphatic rings. The summed E-state index contributed by atoms with van der Waals surface area (Å²) in [6.45, 7) is 11.4. The lowest BCUT2D eigenvalue weighted by Gasteiger charge is -2.23. The minimum Gasteiger partial charge on any atom is -0.303 e. The van der Waals surface area contributed by atoms with E-state index in [4.69, 9.17) is 0 Å². The zero-order chi connectivity index (χ0) is 11.2. The number of aldehydes is 1. The normalized spacial score (nSPS) is 16.4. The second-order valence-corrected chi connectivity index (χ2v) is 5.95. The fourth-order valence-electron chi connectivity index (χ4n) is 2.00. The van der Waals surface area contributed by atoms with E-state index >= 15 is 0 Å². The molecule has 0 heterocycles. The summed E-state index contributed by atoms with van der Waals surface area (Å²) in [5.74, 6) is 1.35. The summed E-state index contributed by atoms with van der Waals surface area (Å²) in [5, 5.41) is 0. The van der Waals surface area contributed by atoms with E-state index in [2.05, 4.69) is 34.6 Å². The SMILES string of the molecule is CC(CC=O)CCC(C)CC(C)(C)C. The van der Waals surface area contributed by atoms with Crippen LogP contribution < -0.4 is 0 Å². The highest BCUT2D eigenvalue weighted by Gasteiger charge is 2.15. The van der Waals surface area contributed by atoms with Gasteiger partial charge in [0.2, 0.25) is 0 Å². The minimum atomic E-state index is 0.438. The first-order chi connectivity index (χ1) is 6.35. The summed E-state index contributed by atoms with van der Waals surface area (Å²) in [6.07, 6.45) is 5.49. The Balaban J connectivity index is 3.63. The molecule has 1 heteroatoms. The molecule has 0 N–H and O–H groups in total. The molecule has 0 spiro atoms. The van der Waals surface area contributed by atoms with Crippen molar-refractivity contribution in [1.82, 2.24) is 0 Å². The van der Waals surface area contributed by atoms with Gasteiger partial charge in [-0.05, 0) is 23.7 Å². The van der Waals surface area contributed by atoms with Gasteiger partial charge >= 0.3 is 0 Å². The maximum Gasteiger partial charge on any atom is 0.120 e. The van der Waals surface area contributed by atoms with Crippen LogP contribution in [-0.4, -0.2) is 6.29 Å². The third-order valence-corrected chi connectivity index (χ3v) is 2.61. The van der Waals surface area contributed by atoms with Crippen LogP contribution in [-0.2, 0) is 4.79 Å². The van der Waals surface area contributed by atoms with Crippen molar-refractivity contribution in [3.63, 3.8) is 0 Å². The Hall–Kier alpha value is -0.330. The van der Waals surface area contributed by atoms with Crippen LogP contribution in [0.2, 0.25) is 0 Å². The van der Waals surface area contributed by atoms with Gasteiger partial charge in [0.05, 0.1) is 0 Å². The average Bonchev–Trinajstić information content (AvgIpc) is 1.98. The van der Waals surface area contributed by atoms with Crippen molar-refractivity contribution in [2.45, 2.75) is 60.3 Å². The van der Waals surface area contributed by atoms with Gasteiger partial charge in [-0.2, -0.15) is 0 Å². The largest absolute Gasteiger partial charge is 0.303 e. The molecule has 0 rings (SSSR count). The number of hydrogen-bond donors (Lipinski definition) is 0. The average molecular weight is 198 g/mol. The summed E-state index contributed by atoms with van der Waals surface area (Å²) in [6, 6.07) is 0. The molecule has 0 saturated heterocycles. The molecule has 0 fully saturated rings. The van der Waals surface area contributed by atoms with Crippen LogP contribution in [0.3, 0.4) is 0 Å². The maximum atomic E-state index is 10.3. The van der Waals surface area contributed by atoms with Crippen molar-refractivity contribution in [2.24, 2.45) is 17.3 Å². The van der Waals surface area contributed by atoms with Crippen LogP contribution in [0.1, 0.15) is 60.3 Å². The summed E-state index contributed by atoms with van der Waals surface area (Å²) >= 11 is 0. The number of hydrogen-bond acceptors (Lipinski definition) is 1. The highest BCUT2D eigenvalue weighted by atomic mass is 16.1. The van der Waals surface area contributed by atoms with Gasteiger partial charge in [0.15, 0.2) is 0 Å². The second kappa shape index (κ2) is 6.21. The Morgan fingerprint density at radius 1 is 1.07 bits per heavy atom. The second-order valence-electron chi connectivity index (χ2n) is 5.95. The standard InChI is InChI=1S/C13H26O/c1-11(8-9-14)6-7-12(2)10-13(3,4)5/h9,11-12H,6-8,10H2,1-5H3. The predicted octanol–water partition coefficient (Wildman–Crippen LogP) is 4.06. The van der Waals surface area contributed by atoms with Crippen molar-refractivity contribution in [2.75, 3.05) is 0 Å². The molecule has 0 aromatic carbocycles. The summed E-state index contributed by atoms with van der Waals surface area (Å²) in [5.41, 5.74) is 0.438. The minimum absolute atomic E-state index is 0.438. The summed E-state index contributed by atoms with van der Waals surface area (Å²) in [4.78, 5) is 10.3. The van der Waals surface area contributed by atoms with Gasteiger partial charge in [-0.3, -0.25) is 0 Å². The van der Waals surface area contributed by atoms with Crippen LogP contribution >= 0.6 is 0 Å². The van der Waals surface area contributed by atoms with Gasteiger partial charge in [-0.15, -0.1) is 0 Å². The van der Waals surface area contributed by atoms with Crippen LogP contribution in [0.4, 0.5) is 0 Å². The Bertz CT molecular complexity index is 155.